The molecule has 4 nitrogen and oxygen atoms in total. The van der Waals surface area contributed by atoms with Crippen molar-refractivity contribution in [3.05, 3.63) is 36.2 Å². The minimum atomic E-state index is 0.476. The summed E-state index contributed by atoms with van der Waals surface area (Å²) in [6.45, 7) is 3.64. The Morgan fingerprint density at radius 3 is 3.00 bits per heavy atom. The summed E-state index contributed by atoms with van der Waals surface area (Å²) < 4.78 is 7.82. The van der Waals surface area contributed by atoms with E-state index >= 15 is 0 Å². The lowest BCUT2D eigenvalue weighted by molar-refractivity contribution is 0.288. The fraction of sp³-hybridized carbons (Fsp3) is 0.333. The van der Waals surface area contributed by atoms with E-state index in [1.54, 1.807) is 11.8 Å². The van der Waals surface area contributed by atoms with Crippen LogP contribution >= 0.6 is 11.8 Å². The number of nitrogens with zero attached hydrogens (tertiary/aromatic N) is 3. The minimum absolute atomic E-state index is 0.476. The van der Waals surface area contributed by atoms with Crippen LogP contribution in [0, 0.1) is 0 Å². The molecule has 17 heavy (non-hydrogen) atoms. The zero-order valence-corrected chi connectivity index (χ0v) is 10.4. The van der Waals surface area contributed by atoms with Crippen LogP contribution < -0.4 is 4.74 Å². The highest BCUT2D eigenvalue weighted by Gasteiger charge is 2.23. The Kier molecular flexibility index (Phi) is 2.76. The summed E-state index contributed by atoms with van der Waals surface area (Å²) in [6.07, 6.45) is 0. The van der Waals surface area contributed by atoms with Crippen LogP contribution in [-0.4, -0.2) is 20.0 Å². The molecule has 1 aliphatic heterocycles. The van der Waals surface area contributed by atoms with E-state index in [-0.39, 0.29) is 0 Å². The number of hydrogen-bond acceptors (Lipinski definition) is 4. The monoisotopic (exact) mass is 247 g/mol. The second-order valence-electron chi connectivity index (χ2n) is 4.04. The van der Waals surface area contributed by atoms with Gasteiger partial charge < -0.3 is 9.30 Å². The third-order valence-corrected chi connectivity index (χ3v) is 3.72. The van der Waals surface area contributed by atoms with Crippen molar-refractivity contribution in [2.45, 2.75) is 30.5 Å². The van der Waals surface area contributed by atoms with E-state index in [0.717, 1.165) is 23.3 Å². The Morgan fingerprint density at radius 1 is 1.35 bits per heavy atom. The third-order valence-electron chi connectivity index (χ3n) is 2.65. The van der Waals surface area contributed by atoms with Gasteiger partial charge in [-0.3, -0.25) is 0 Å². The molecule has 0 saturated heterocycles. The molecule has 2 aromatic rings. The summed E-state index contributed by atoms with van der Waals surface area (Å²) in [5, 5.41) is 9.89. The van der Waals surface area contributed by atoms with Crippen LogP contribution in [0.25, 0.3) is 0 Å². The molecule has 1 aromatic carbocycles. The zero-order valence-electron chi connectivity index (χ0n) is 9.54. The van der Waals surface area contributed by atoms with E-state index in [0.29, 0.717) is 11.9 Å². The van der Waals surface area contributed by atoms with Gasteiger partial charge in [0.2, 0.25) is 0 Å². The predicted octanol–water partition coefficient (Wildman–Crippen LogP) is 2.35. The molecule has 0 radical (unpaired) electrons. The summed E-state index contributed by atoms with van der Waals surface area (Å²) in [6, 6.07) is 9.78. The van der Waals surface area contributed by atoms with Crippen LogP contribution in [0.1, 0.15) is 12.7 Å². The summed E-state index contributed by atoms with van der Waals surface area (Å²) in [5.41, 5.74) is 0. The molecule has 1 aliphatic rings. The summed E-state index contributed by atoms with van der Waals surface area (Å²) in [4.78, 5) is 0. The smallest absolute Gasteiger partial charge is 0.191 e. The van der Waals surface area contributed by atoms with Crippen LogP contribution in [0.3, 0.4) is 0 Å². The van der Waals surface area contributed by atoms with Gasteiger partial charge in [0.1, 0.15) is 12.4 Å². The van der Waals surface area contributed by atoms with Gasteiger partial charge in [0.05, 0.1) is 0 Å². The summed E-state index contributed by atoms with van der Waals surface area (Å²) in [5.74, 6) is 1.77. The van der Waals surface area contributed by atoms with Crippen molar-refractivity contribution in [2.24, 2.45) is 0 Å². The standard InChI is InChI=1S/C12H13N3OS/c1-9-7-15-11(13-14-12(15)17-9)8-16-10-5-3-2-4-6-10/h2-6,9H,7-8H2,1H3/t9-/m1/s1. The van der Waals surface area contributed by atoms with E-state index in [1.807, 2.05) is 30.3 Å². The molecule has 0 amide bonds. The molecule has 0 unspecified atom stereocenters. The SMILES string of the molecule is C[C@@H]1Cn2c(COc3ccccc3)nnc2S1. The number of rotatable bonds is 3. The van der Waals surface area contributed by atoms with E-state index in [4.69, 9.17) is 4.74 Å². The highest BCUT2D eigenvalue weighted by atomic mass is 32.2. The first kappa shape index (κ1) is 10.7. The van der Waals surface area contributed by atoms with Gasteiger partial charge in [-0.1, -0.05) is 36.9 Å². The largest absolute Gasteiger partial charge is 0.486 e. The van der Waals surface area contributed by atoms with Crippen molar-refractivity contribution in [3.63, 3.8) is 0 Å². The number of thioether (sulfide) groups is 1. The van der Waals surface area contributed by atoms with Crippen LogP contribution in [0.2, 0.25) is 0 Å². The van der Waals surface area contributed by atoms with Gasteiger partial charge in [-0.15, -0.1) is 10.2 Å². The zero-order chi connectivity index (χ0) is 11.7. The number of hydrogen-bond donors (Lipinski definition) is 0. The molecule has 0 fully saturated rings. The molecule has 0 N–H and O–H groups in total. The Bertz CT molecular complexity index is 512. The third kappa shape index (κ3) is 2.15. The van der Waals surface area contributed by atoms with Crippen molar-refractivity contribution in [3.8, 4) is 5.75 Å². The predicted molar refractivity (Wildman–Crippen MR) is 66.1 cm³/mol. The molecule has 3 rings (SSSR count). The first-order chi connectivity index (χ1) is 8.33. The Morgan fingerprint density at radius 2 is 2.18 bits per heavy atom. The van der Waals surface area contributed by atoms with Gasteiger partial charge in [0, 0.05) is 11.8 Å². The average molecular weight is 247 g/mol. The number of benzene rings is 1. The fourth-order valence-corrected chi connectivity index (χ4v) is 2.81. The first-order valence-corrected chi connectivity index (χ1v) is 6.47. The molecular weight excluding hydrogens is 234 g/mol. The quantitative estimate of drug-likeness (QED) is 0.834. The summed E-state index contributed by atoms with van der Waals surface area (Å²) >= 11 is 1.77. The van der Waals surface area contributed by atoms with Gasteiger partial charge in [0.15, 0.2) is 11.0 Å². The topological polar surface area (TPSA) is 39.9 Å². The average Bonchev–Trinajstić information content (AvgIpc) is 2.87. The molecule has 5 heteroatoms. The summed E-state index contributed by atoms with van der Waals surface area (Å²) in [7, 11) is 0. The lowest BCUT2D eigenvalue weighted by atomic mass is 10.3. The van der Waals surface area contributed by atoms with Gasteiger partial charge in [-0.2, -0.15) is 0 Å². The van der Waals surface area contributed by atoms with E-state index in [1.165, 1.54) is 0 Å². The van der Waals surface area contributed by atoms with Crippen molar-refractivity contribution >= 4 is 11.8 Å². The van der Waals surface area contributed by atoms with Gasteiger partial charge in [-0.25, -0.2) is 0 Å². The highest BCUT2D eigenvalue weighted by Crippen LogP contribution is 2.30. The van der Waals surface area contributed by atoms with E-state index in [2.05, 4.69) is 21.7 Å². The van der Waals surface area contributed by atoms with Gasteiger partial charge in [0.25, 0.3) is 0 Å². The maximum Gasteiger partial charge on any atom is 0.191 e. The maximum absolute atomic E-state index is 5.68. The molecule has 88 valence electrons. The second kappa shape index (κ2) is 4.41. The normalized spacial score (nSPS) is 18.1. The molecule has 1 aromatic heterocycles. The Hall–Kier alpha value is -1.49. The molecular formula is C12H13N3OS. The minimum Gasteiger partial charge on any atom is -0.486 e. The Balaban J connectivity index is 1.71. The maximum atomic E-state index is 5.68. The molecule has 0 aliphatic carbocycles. The number of aromatic nitrogens is 3. The molecule has 0 spiro atoms. The number of para-hydroxylation sites is 1. The van der Waals surface area contributed by atoms with Crippen LogP contribution in [0.5, 0.6) is 5.75 Å². The van der Waals surface area contributed by atoms with Crippen molar-refractivity contribution in [1.82, 2.24) is 14.8 Å². The van der Waals surface area contributed by atoms with Crippen LogP contribution in [0.15, 0.2) is 35.5 Å². The molecule has 0 bridgehead atoms. The molecule has 2 heterocycles. The lowest BCUT2D eigenvalue weighted by Gasteiger charge is -2.06. The van der Waals surface area contributed by atoms with Crippen molar-refractivity contribution in [2.75, 3.05) is 0 Å². The van der Waals surface area contributed by atoms with E-state index in [9.17, 15) is 0 Å². The number of fused-ring (bicyclic) bond motifs is 1. The van der Waals surface area contributed by atoms with Crippen LogP contribution in [-0.2, 0) is 13.2 Å². The number of ether oxygens (including phenoxy) is 1. The fourth-order valence-electron chi connectivity index (χ4n) is 1.84. The van der Waals surface area contributed by atoms with Gasteiger partial charge in [-0.05, 0) is 12.1 Å². The highest BCUT2D eigenvalue weighted by molar-refractivity contribution is 7.99. The van der Waals surface area contributed by atoms with Crippen LogP contribution in [0.4, 0.5) is 0 Å². The van der Waals surface area contributed by atoms with Crippen molar-refractivity contribution in [1.29, 1.82) is 0 Å². The lowest BCUT2D eigenvalue weighted by Crippen LogP contribution is -2.08. The molecule has 0 saturated carbocycles. The Labute approximate surface area is 104 Å². The molecule has 1 atom stereocenters. The van der Waals surface area contributed by atoms with Gasteiger partial charge >= 0.3 is 0 Å². The second-order valence-corrected chi connectivity index (χ2v) is 5.45. The van der Waals surface area contributed by atoms with Crippen molar-refractivity contribution < 1.29 is 4.74 Å². The van der Waals surface area contributed by atoms with E-state index < -0.39 is 0 Å². The first-order valence-electron chi connectivity index (χ1n) is 5.59.